The van der Waals surface area contributed by atoms with E-state index in [9.17, 15) is 14.5 Å². The molecule has 2 aromatic rings. The van der Waals surface area contributed by atoms with Crippen LogP contribution in [0.3, 0.4) is 0 Å². The smallest absolute Gasteiger partial charge is 0.272 e. The lowest BCUT2D eigenvalue weighted by atomic mass is 10.2. The molecule has 0 aliphatic heterocycles. The molecule has 3 rings (SSSR count). The number of non-ortho nitro benzene ring substituents is 1. The molecule has 0 amide bonds. The number of aryl methyl sites for hydroxylation is 2. The Bertz CT molecular complexity index is 648. The summed E-state index contributed by atoms with van der Waals surface area (Å²) >= 11 is 1.76. The van der Waals surface area contributed by atoms with Crippen LogP contribution in [0.4, 0.5) is 15.8 Å². The lowest BCUT2D eigenvalue weighted by Crippen LogP contribution is -2.00. The Kier molecular flexibility index (Phi) is 3.40. The van der Waals surface area contributed by atoms with Crippen LogP contribution in [0.1, 0.15) is 21.7 Å². The van der Waals surface area contributed by atoms with Crippen LogP contribution in [0.5, 0.6) is 0 Å². The van der Waals surface area contributed by atoms with Crippen LogP contribution in [0.15, 0.2) is 24.3 Å². The molecule has 0 atom stereocenters. The summed E-state index contributed by atoms with van der Waals surface area (Å²) in [4.78, 5) is 12.6. The number of thiophene rings is 1. The molecular formula is C14H13FN2O2S. The molecule has 1 aliphatic carbocycles. The van der Waals surface area contributed by atoms with Gasteiger partial charge in [-0.1, -0.05) is 0 Å². The Labute approximate surface area is 119 Å². The van der Waals surface area contributed by atoms with Gasteiger partial charge in [0.15, 0.2) is 5.82 Å². The quantitative estimate of drug-likeness (QED) is 0.687. The average molecular weight is 292 g/mol. The van der Waals surface area contributed by atoms with Crippen molar-refractivity contribution in [2.24, 2.45) is 0 Å². The number of nitrogens with one attached hydrogen (secondary N) is 1. The van der Waals surface area contributed by atoms with E-state index >= 15 is 0 Å². The molecule has 1 aromatic heterocycles. The Hall–Kier alpha value is -1.95. The lowest BCUT2D eigenvalue weighted by Gasteiger charge is -2.06. The fourth-order valence-electron chi connectivity index (χ4n) is 2.42. The second-order valence-electron chi connectivity index (χ2n) is 4.79. The molecule has 0 saturated heterocycles. The minimum Gasteiger partial charge on any atom is -0.378 e. The predicted molar refractivity (Wildman–Crippen MR) is 76.7 cm³/mol. The van der Waals surface area contributed by atoms with Crippen molar-refractivity contribution in [2.45, 2.75) is 25.8 Å². The predicted octanol–water partition coefficient (Wildman–Crippen LogP) is 3.90. The van der Waals surface area contributed by atoms with Gasteiger partial charge >= 0.3 is 0 Å². The largest absolute Gasteiger partial charge is 0.378 e. The van der Waals surface area contributed by atoms with E-state index in [4.69, 9.17) is 0 Å². The highest BCUT2D eigenvalue weighted by Gasteiger charge is 2.15. The van der Waals surface area contributed by atoms with Crippen molar-refractivity contribution >= 4 is 22.7 Å². The number of fused-ring (bicyclic) bond motifs is 1. The standard InChI is InChI=1S/C14H13FN2O2S/c15-12-7-10(17(18)19)4-5-13(12)16-8-11-6-9-2-1-3-14(9)20-11/h4-7,16H,1-3,8H2. The van der Waals surface area contributed by atoms with E-state index in [1.165, 1.54) is 33.9 Å². The number of anilines is 1. The van der Waals surface area contributed by atoms with Crippen molar-refractivity contribution in [2.75, 3.05) is 5.32 Å². The zero-order valence-electron chi connectivity index (χ0n) is 10.7. The highest BCUT2D eigenvalue weighted by Crippen LogP contribution is 2.31. The van der Waals surface area contributed by atoms with Crippen LogP contribution in [-0.2, 0) is 19.4 Å². The molecule has 4 nitrogen and oxygen atoms in total. The molecule has 0 spiro atoms. The Morgan fingerprint density at radius 3 is 2.90 bits per heavy atom. The van der Waals surface area contributed by atoms with Crippen molar-refractivity contribution in [3.05, 3.63) is 55.5 Å². The second kappa shape index (κ2) is 5.20. The average Bonchev–Trinajstić information content (AvgIpc) is 2.97. The van der Waals surface area contributed by atoms with Gasteiger partial charge in [0.25, 0.3) is 5.69 Å². The summed E-state index contributed by atoms with van der Waals surface area (Å²) in [5, 5.41) is 13.5. The number of nitro benzene ring substituents is 1. The number of halogens is 1. The molecule has 0 saturated carbocycles. The van der Waals surface area contributed by atoms with Gasteiger partial charge in [0.2, 0.25) is 0 Å². The summed E-state index contributed by atoms with van der Waals surface area (Å²) in [5.41, 5.74) is 1.48. The van der Waals surface area contributed by atoms with Crippen LogP contribution in [0, 0.1) is 15.9 Å². The van der Waals surface area contributed by atoms with E-state index < -0.39 is 10.7 Å². The third-order valence-electron chi connectivity index (χ3n) is 3.41. The maximum atomic E-state index is 13.7. The first-order valence-corrected chi connectivity index (χ1v) is 7.23. The molecule has 1 heterocycles. The Balaban J connectivity index is 1.70. The third-order valence-corrected chi connectivity index (χ3v) is 4.65. The van der Waals surface area contributed by atoms with Gasteiger partial charge in [-0.3, -0.25) is 10.1 Å². The van der Waals surface area contributed by atoms with Gasteiger partial charge in [-0.05, 0) is 37.0 Å². The normalized spacial score (nSPS) is 13.2. The van der Waals surface area contributed by atoms with Crippen LogP contribution in [0.2, 0.25) is 0 Å². The first-order valence-electron chi connectivity index (χ1n) is 6.42. The van der Waals surface area contributed by atoms with Crippen molar-refractivity contribution in [1.29, 1.82) is 0 Å². The van der Waals surface area contributed by atoms with Gasteiger partial charge in [-0.2, -0.15) is 0 Å². The van der Waals surface area contributed by atoms with Crippen LogP contribution >= 0.6 is 11.3 Å². The highest BCUT2D eigenvalue weighted by molar-refractivity contribution is 7.12. The van der Waals surface area contributed by atoms with Crippen molar-refractivity contribution < 1.29 is 9.31 Å². The van der Waals surface area contributed by atoms with Crippen molar-refractivity contribution in [3.8, 4) is 0 Å². The Morgan fingerprint density at radius 1 is 1.35 bits per heavy atom. The van der Waals surface area contributed by atoms with Crippen molar-refractivity contribution in [1.82, 2.24) is 0 Å². The number of rotatable bonds is 4. The van der Waals surface area contributed by atoms with E-state index in [-0.39, 0.29) is 5.69 Å². The molecule has 104 valence electrons. The molecule has 0 unspecified atom stereocenters. The summed E-state index contributed by atoms with van der Waals surface area (Å²) in [5.74, 6) is -0.594. The molecule has 1 aromatic carbocycles. The monoisotopic (exact) mass is 292 g/mol. The summed E-state index contributed by atoms with van der Waals surface area (Å²) in [6.07, 6.45) is 3.51. The van der Waals surface area contributed by atoms with E-state index in [2.05, 4.69) is 11.4 Å². The van der Waals surface area contributed by atoms with E-state index in [1.807, 2.05) is 0 Å². The molecular weight excluding hydrogens is 279 g/mol. The zero-order chi connectivity index (χ0) is 14.1. The fraction of sp³-hybridized carbons (Fsp3) is 0.286. The van der Waals surface area contributed by atoms with Gasteiger partial charge < -0.3 is 5.32 Å². The van der Waals surface area contributed by atoms with Gasteiger partial charge in [-0.25, -0.2) is 4.39 Å². The Morgan fingerprint density at radius 2 is 2.20 bits per heavy atom. The lowest BCUT2D eigenvalue weighted by molar-refractivity contribution is -0.385. The van der Waals surface area contributed by atoms with E-state index in [0.717, 1.165) is 18.9 Å². The maximum Gasteiger partial charge on any atom is 0.272 e. The number of hydrogen-bond donors (Lipinski definition) is 1. The fourth-order valence-corrected chi connectivity index (χ4v) is 3.62. The second-order valence-corrected chi connectivity index (χ2v) is 6.01. The van der Waals surface area contributed by atoms with Crippen LogP contribution < -0.4 is 5.32 Å². The molecule has 1 N–H and O–H groups in total. The molecule has 0 bridgehead atoms. The summed E-state index contributed by atoms with van der Waals surface area (Å²) in [6.45, 7) is 0.548. The van der Waals surface area contributed by atoms with Gasteiger partial charge in [0, 0.05) is 22.4 Å². The molecule has 6 heteroatoms. The van der Waals surface area contributed by atoms with Gasteiger partial charge in [-0.15, -0.1) is 11.3 Å². The molecule has 20 heavy (non-hydrogen) atoms. The molecule has 0 fully saturated rings. The van der Waals surface area contributed by atoms with Crippen LogP contribution in [-0.4, -0.2) is 4.92 Å². The van der Waals surface area contributed by atoms with E-state index in [0.29, 0.717) is 12.2 Å². The zero-order valence-corrected chi connectivity index (χ0v) is 11.5. The number of nitro groups is 1. The summed E-state index contributed by atoms with van der Waals surface area (Å²) < 4.78 is 13.7. The number of benzene rings is 1. The number of hydrogen-bond acceptors (Lipinski definition) is 4. The topological polar surface area (TPSA) is 55.2 Å². The minimum atomic E-state index is -0.601. The number of nitrogens with zero attached hydrogens (tertiary/aromatic N) is 1. The first-order chi connectivity index (χ1) is 9.63. The SMILES string of the molecule is O=[N+]([O-])c1ccc(NCc2cc3c(s2)CCC3)c(F)c1. The molecule has 0 radical (unpaired) electrons. The third kappa shape index (κ3) is 2.51. The summed E-state index contributed by atoms with van der Waals surface area (Å²) in [7, 11) is 0. The van der Waals surface area contributed by atoms with Crippen molar-refractivity contribution in [3.63, 3.8) is 0 Å². The summed E-state index contributed by atoms with van der Waals surface area (Å²) in [6, 6.07) is 5.83. The first kappa shape index (κ1) is 13.1. The van der Waals surface area contributed by atoms with Crippen LogP contribution in [0.25, 0.3) is 0 Å². The van der Waals surface area contributed by atoms with Gasteiger partial charge in [0.05, 0.1) is 16.7 Å². The van der Waals surface area contributed by atoms with Gasteiger partial charge in [0.1, 0.15) is 0 Å². The highest BCUT2D eigenvalue weighted by atomic mass is 32.1. The maximum absolute atomic E-state index is 13.7. The minimum absolute atomic E-state index is 0.233. The molecule has 1 aliphatic rings. The van der Waals surface area contributed by atoms with E-state index in [1.54, 1.807) is 11.3 Å².